The summed E-state index contributed by atoms with van der Waals surface area (Å²) in [7, 11) is 0. The van der Waals surface area contributed by atoms with Gasteiger partial charge in [0.1, 0.15) is 0 Å². The Morgan fingerprint density at radius 2 is 2.22 bits per heavy atom. The van der Waals surface area contributed by atoms with Gasteiger partial charge in [0.05, 0.1) is 12.0 Å². The van der Waals surface area contributed by atoms with Crippen LogP contribution in [-0.4, -0.2) is 47.1 Å². The second-order valence-electron chi connectivity index (χ2n) is 5.18. The van der Waals surface area contributed by atoms with Crippen LogP contribution in [0.5, 0.6) is 0 Å². The third-order valence-electron chi connectivity index (χ3n) is 3.40. The molecule has 2 amide bonds. The van der Waals surface area contributed by atoms with E-state index in [1.54, 1.807) is 4.90 Å². The van der Waals surface area contributed by atoms with Gasteiger partial charge in [0.15, 0.2) is 0 Å². The molecule has 5 nitrogen and oxygen atoms in total. The molecule has 5 heteroatoms. The molecule has 0 aromatic rings. The number of aliphatic hydroxyl groups is 1. The molecule has 1 aliphatic rings. The highest BCUT2D eigenvalue weighted by Crippen LogP contribution is 2.20. The fourth-order valence-electron chi connectivity index (χ4n) is 2.12. The zero-order valence-corrected chi connectivity index (χ0v) is 11.5. The first kappa shape index (κ1) is 15.0. The average molecular weight is 256 g/mol. The number of hydrogen-bond donors (Lipinski definition) is 2. The topological polar surface area (TPSA) is 69.6 Å². The van der Waals surface area contributed by atoms with Crippen LogP contribution in [0.15, 0.2) is 0 Å². The molecule has 0 aliphatic carbocycles. The van der Waals surface area contributed by atoms with Gasteiger partial charge in [-0.3, -0.25) is 9.59 Å². The van der Waals surface area contributed by atoms with Crippen LogP contribution in [0.2, 0.25) is 0 Å². The SMILES string of the molecule is CCC(O)CCNC(=O)C1CC(=O)N(C(C)C)C1. The lowest BCUT2D eigenvalue weighted by molar-refractivity contribution is -0.129. The zero-order chi connectivity index (χ0) is 13.7. The van der Waals surface area contributed by atoms with E-state index < -0.39 is 0 Å². The van der Waals surface area contributed by atoms with E-state index in [0.29, 0.717) is 32.4 Å². The maximum atomic E-state index is 11.9. The van der Waals surface area contributed by atoms with Gasteiger partial charge in [-0.05, 0) is 26.7 Å². The molecule has 1 aliphatic heterocycles. The average Bonchev–Trinajstić information content (AvgIpc) is 2.71. The van der Waals surface area contributed by atoms with Crippen molar-refractivity contribution in [1.82, 2.24) is 10.2 Å². The quantitative estimate of drug-likeness (QED) is 0.728. The minimum atomic E-state index is -0.359. The summed E-state index contributed by atoms with van der Waals surface area (Å²) in [4.78, 5) is 25.3. The van der Waals surface area contributed by atoms with E-state index >= 15 is 0 Å². The van der Waals surface area contributed by atoms with E-state index in [2.05, 4.69) is 5.32 Å². The van der Waals surface area contributed by atoms with Crippen molar-refractivity contribution in [2.75, 3.05) is 13.1 Å². The van der Waals surface area contributed by atoms with Gasteiger partial charge < -0.3 is 15.3 Å². The molecular formula is C13H24N2O3. The largest absolute Gasteiger partial charge is 0.393 e. The van der Waals surface area contributed by atoms with Gasteiger partial charge >= 0.3 is 0 Å². The molecule has 104 valence electrons. The first-order chi connectivity index (χ1) is 8.45. The van der Waals surface area contributed by atoms with Gasteiger partial charge in [-0.2, -0.15) is 0 Å². The van der Waals surface area contributed by atoms with Crippen molar-refractivity contribution in [3.63, 3.8) is 0 Å². The highest BCUT2D eigenvalue weighted by atomic mass is 16.3. The summed E-state index contributed by atoms with van der Waals surface area (Å²) in [6, 6.07) is 0.150. The van der Waals surface area contributed by atoms with Gasteiger partial charge in [0.25, 0.3) is 0 Å². The summed E-state index contributed by atoms with van der Waals surface area (Å²) >= 11 is 0. The number of carbonyl (C=O) groups excluding carboxylic acids is 2. The molecule has 2 N–H and O–H groups in total. The lowest BCUT2D eigenvalue weighted by atomic mass is 10.1. The first-order valence-electron chi connectivity index (χ1n) is 6.71. The number of likely N-dealkylation sites (tertiary alicyclic amines) is 1. The Balaban J connectivity index is 2.33. The Morgan fingerprint density at radius 3 is 2.72 bits per heavy atom. The highest BCUT2D eigenvalue weighted by molar-refractivity contribution is 5.89. The van der Waals surface area contributed by atoms with Crippen molar-refractivity contribution in [2.24, 2.45) is 5.92 Å². The normalized spacial score (nSPS) is 21.5. The van der Waals surface area contributed by atoms with E-state index in [9.17, 15) is 14.7 Å². The summed E-state index contributed by atoms with van der Waals surface area (Å²) in [6.45, 7) is 6.80. The molecule has 0 saturated carbocycles. The molecule has 18 heavy (non-hydrogen) atoms. The molecule has 0 aromatic carbocycles. The molecular weight excluding hydrogens is 232 g/mol. The number of nitrogens with one attached hydrogen (secondary N) is 1. The lowest BCUT2D eigenvalue weighted by Gasteiger charge is -2.20. The Hall–Kier alpha value is -1.10. The molecule has 0 spiro atoms. The van der Waals surface area contributed by atoms with Crippen LogP contribution in [0.4, 0.5) is 0 Å². The molecule has 1 heterocycles. The minimum absolute atomic E-state index is 0.0544. The van der Waals surface area contributed by atoms with Crippen molar-refractivity contribution in [3.8, 4) is 0 Å². The van der Waals surface area contributed by atoms with E-state index in [4.69, 9.17) is 0 Å². The van der Waals surface area contributed by atoms with Gasteiger partial charge in [-0.1, -0.05) is 6.92 Å². The molecule has 0 bridgehead atoms. The monoisotopic (exact) mass is 256 g/mol. The summed E-state index contributed by atoms with van der Waals surface area (Å²) in [6.07, 6.45) is 1.21. The van der Waals surface area contributed by atoms with Crippen LogP contribution in [0.3, 0.4) is 0 Å². The predicted octanol–water partition coefficient (Wildman–Crippen LogP) is 0.520. The van der Waals surface area contributed by atoms with E-state index in [0.717, 1.165) is 0 Å². The maximum Gasteiger partial charge on any atom is 0.225 e. The van der Waals surface area contributed by atoms with Crippen LogP contribution in [0.25, 0.3) is 0 Å². The predicted molar refractivity (Wildman–Crippen MR) is 68.9 cm³/mol. The molecule has 2 unspecified atom stereocenters. The van der Waals surface area contributed by atoms with Crippen LogP contribution in [0, 0.1) is 5.92 Å². The Morgan fingerprint density at radius 1 is 1.56 bits per heavy atom. The summed E-state index contributed by atoms with van der Waals surface area (Å²) in [5, 5.41) is 12.2. The molecule has 1 saturated heterocycles. The smallest absolute Gasteiger partial charge is 0.225 e. The van der Waals surface area contributed by atoms with Crippen LogP contribution in [-0.2, 0) is 9.59 Å². The number of hydrogen-bond acceptors (Lipinski definition) is 3. The molecule has 0 aromatic heterocycles. The molecule has 0 radical (unpaired) electrons. The zero-order valence-electron chi connectivity index (χ0n) is 11.5. The molecule has 2 atom stereocenters. The summed E-state index contributed by atoms with van der Waals surface area (Å²) < 4.78 is 0. The van der Waals surface area contributed by atoms with E-state index in [1.165, 1.54) is 0 Å². The van der Waals surface area contributed by atoms with Crippen molar-refractivity contribution in [3.05, 3.63) is 0 Å². The molecule has 1 rings (SSSR count). The number of rotatable bonds is 6. The number of nitrogens with zero attached hydrogens (tertiary/aromatic N) is 1. The fraction of sp³-hybridized carbons (Fsp3) is 0.846. The van der Waals surface area contributed by atoms with Gasteiger partial charge in [0, 0.05) is 25.6 Å². The number of amides is 2. The maximum absolute atomic E-state index is 11.9. The van der Waals surface area contributed by atoms with Crippen LogP contribution < -0.4 is 5.32 Å². The summed E-state index contributed by atoms with van der Waals surface area (Å²) in [5.41, 5.74) is 0. The number of aliphatic hydroxyl groups excluding tert-OH is 1. The Labute approximate surface area is 109 Å². The Kier molecular flexibility index (Phi) is 5.59. The summed E-state index contributed by atoms with van der Waals surface area (Å²) in [5.74, 6) is -0.257. The minimum Gasteiger partial charge on any atom is -0.393 e. The van der Waals surface area contributed by atoms with Crippen molar-refractivity contribution >= 4 is 11.8 Å². The van der Waals surface area contributed by atoms with Crippen molar-refractivity contribution in [1.29, 1.82) is 0 Å². The van der Waals surface area contributed by atoms with Crippen LogP contribution >= 0.6 is 0 Å². The van der Waals surface area contributed by atoms with Gasteiger partial charge in [0.2, 0.25) is 11.8 Å². The van der Waals surface area contributed by atoms with Crippen molar-refractivity contribution in [2.45, 2.75) is 52.2 Å². The van der Waals surface area contributed by atoms with Gasteiger partial charge in [-0.15, -0.1) is 0 Å². The Bertz CT molecular complexity index is 305. The molecule has 1 fully saturated rings. The fourth-order valence-corrected chi connectivity index (χ4v) is 2.12. The second-order valence-corrected chi connectivity index (χ2v) is 5.18. The third-order valence-corrected chi connectivity index (χ3v) is 3.40. The van der Waals surface area contributed by atoms with Crippen LogP contribution in [0.1, 0.15) is 40.0 Å². The van der Waals surface area contributed by atoms with E-state index in [-0.39, 0.29) is 29.9 Å². The van der Waals surface area contributed by atoms with E-state index in [1.807, 2.05) is 20.8 Å². The highest BCUT2D eigenvalue weighted by Gasteiger charge is 2.35. The van der Waals surface area contributed by atoms with Gasteiger partial charge in [-0.25, -0.2) is 0 Å². The van der Waals surface area contributed by atoms with Crippen molar-refractivity contribution < 1.29 is 14.7 Å². The number of carbonyl (C=O) groups is 2. The first-order valence-corrected chi connectivity index (χ1v) is 6.71. The third kappa shape index (κ3) is 3.98. The second kappa shape index (κ2) is 6.73. The standard InChI is InChI=1S/C13H24N2O3/c1-4-11(16)5-6-14-13(18)10-7-12(17)15(8-10)9(2)3/h9-11,16H,4-8H2,1-3H3,(H,14,18). The lowest BCUT2D eigenvalue weighted by Crippen LogP contribution is -2.36.